The van der Waals surface area contributed by atoms with Crippen LogP contribution in [0.25, 0.3) is 0 Å². The molecular formula is C27H30FN5O4. The molecule has 1 N–H and O–H groups in total. The summed E-state index contributed by atoms with van der Waals surface area (Å²) in [6.07, 6.45) is 3.00. The van der Waals surface area contributed by atoms with Crippen molar-refractivity contribution in [2.45, 2.75) is 57.8 Å². The van der Waals surface area contributed by atoms with Crippen LogP contribution in [0.15, 0.2) is 36.7 Å². The Labute approximate surface area is 215 Å². The lowest BCUT2D eigenvalue weighted by Gasteiger charge is -2.34. The van der Waals surface area contributed by atoms with Crippen LogP contribution in [0.4, 0.5) is 10.1 Å². The number of ether oxygens (including phenoxy) is 2. The number of nitrogens with one attached hydrogen (secondary N) is 1. The number of fused-ring (bicyclic) bond motifs is 1. The maximum Gasteiger partial charge on any atom is 0.255 e. The summed E-state index contributed by atoms with van der Waals surface area (Å²) in [5.41, 5.74) is 3.08. The molecule has 0 unspecified atom stereocenters. The number of nitriles is 1. The van der Waals surface area contributed by atoms with Crippen molar-refractivity contribution in [1.82, 2.24) is 15.2 Å². The molecule has 194 valence electrons. The summed E-state index contributed by atoms with van der Waals surface area (Å²) in [7, 11) is 0. The van der Waals surface area contributed by atoms with E-state index in [2.05, 4.69) is 21.3 Å². The molecule has 0 saturated carbocycles. The summed E-state index contributed by atoms with van der Waals surface area (Å²) >= 11 is 0. The number of pyridine rings is 1. The van der Waals surface area contributed by atoms with Gasteiger partial charge in [0.2, 0.25) is 0 Å². The third kappa shape index (κ3) is 5.29. The first-order valence-electron chi connectivity index (χ1n) is 12.5. The number of carbonyl (C=O) groups excluding carboxylic acids is 2. The number of halogens is 1. The number of hydrogen-bond donors (Lipinski definition) is 1. The summed E-state index contributed by atoms with van der Waals surface area (Å²) in [6, 6.07) is 8.21. The normalized spacial score (nSPS) is 23.0. The Morgan fingerprint density at radius 3 is 2.62 bits per heavy atom. The van der Waals surface area contributed by atoms with E-state index in [0.717, 1.165) is 29.7 Å². The number of aromatic nitrogens is 1. The fourth-order valence-electron chi connectivity index (χ4n) is 5.29. The molecule has 2 fully saturated rings. The minimum Gasteiger partial charge on any atom is -0.370 e. The predicted octanol–water partition coefficient (Wildman–Crippen LogP) is 2.49. The van der Waals surface area contributed by atoms with E-state index in [4.69, 9.17) is 9.47 Å². The van der Waals surface area contributed by atoms with Gasteiger partial charge in [-0.1, -0.05) is 0 Å². The van der Waals surface area contributed by atoms with Crippen molar-refractivity contribution < 1.29 is 23.5 Å². The van der Waals surface area contributed by atoms with Crippen LogP contribution in [0.1, 0.15) is 43.4 Å². The first-order valence-corrected chi connectivity index (χ1v) is 12.5. The minimum absolute atomic E-state index is 0.233. The molecule has 0 spiro atoms. The molecule has 4 heterocycles. The van der Waals surface area contributed by atoms with Crippen LogP contribution >= 0.6 is 0 Å². The Bertz CT molecular complexity index is 1210. The number of rotatable bonds is 5. The number of piperidine rings is 1. The van der Waals surface area contributed by atoms with Gasteiger partial charge >= 0.3 is 0 Å². The van der Waals surface area contributed by atoms with Gasteiger partial charge in [-0.15, -0.1) is 0 Å². The van der Waals surface area contributed by atoms with Crippen molar-refractivity contribution in [3.63, 3.8) is 0 Å². The van der Waals surface area contributed by atoms with Gasteiger partial charge in [-0.25, -0.2) is 4.39 Å². The highest BCUT2D eigenvalue weighted by molar-refractivity contribution is 5.91. The molecule has 2 aromatic rings. The second-order valence-corrected chi connectivity index (χ2v) is 10.3. The molecule has 0 aliphatic carbocycles. The van der Waals surface area contributed by atoms with Crippen LogP contribution < -0.4 is 10.2 Å². The van der Waals surface area contributed by atoms with Gasteiger partial charge in [0, 0.05) is 45.1 Å². The van der Waals surface area contributed by atoms with Crippen molar-refractivity contribution in [2.24, 2.45) is 5.92 Å². The first kappa shape index (κ1) is 25.1. The molecule has 10 heteroatoms. The van der Waals surface area contributed by atoms with Crippen LogP contribution in [0, 0.1) is 23.1 Å². The van der Waals surface area contributed by atoms with E-state index in [1.165, 1.54) is 12.1 Å². The van der Waals surface area contributed by atoms with E-state index in [0.29, 0.717) is 38.3 Å². The molecule has 2 amide bonds. The van der Waals surface area contributed by atoms with E-state index in [1.54, 1.807) is 37.2 Å². The average molecular weight is 508 g/mol. The van der Waals surface area contributed by atoms with Gasteiger partial charge in [0.05, 0.1) is 11.3 Å². The summed E-state index contributed by atoms with van der Waals surface area (Å²) in [5, 5.41) is 12.3. The number of benzene rings is 1. The average Bonchev–Trinajstić information content (AvgIpc) is 3.47. The maximum atomic E-state index is 13.5. The van der Waals surface area contributed by atoms with Gasteiger partial charge < -0.3 is 24.6 Å². The lowest BCUT2D eigenvalue weighted by Crippen LogP contribution is -2.49. The summed E-state index contributed by atoms with van der Waals surface area (Å²) in [6.45, 7) is 6.12. The summed E-state index contributed by atoms with van der Waals surface area (Å²) in [4.78, 5) is 34.4. The van der Waals surface area contributed by atoms with Crippen molar-refractivity contribution in [3.05, 3.63) is 59.2 Å². The smallest absolute Gasteiger partial charge is 0.255 e. The van der Waals surface area contributed by atoms with E-state index in [1.807, 2.05) is 6.07 Å². The van der Waals surface area contributed by atoms with E-state index < -0.39 is 23.8 Å². The van der Waals surface area contributed by atoms with Gasteiger partial charge in [0.1, 0.15) is 11.9 Å². The van der Waals surface area contributed by atoms with Crippen molar-refractivity contribution in [1.29, 1.82) is 5.26 Å². The fraction of sp³-hybridized carbons (Fsp3) is 0.481. The maximum absolute atomic E-state index is 13.5. The van der Waals surface area contributed by atoms with Gasteiger partial charge in [-0.3, -0.25) is 14.6 Å². The van der Waals surface area contributed by atoms with Gasteiger partial charge in [-0.2, -0.15) is 5.26 Å². The molecule has 3 aliphatic heterocycles. The minimum atomic E-state index is -1.06. The van der Waals surface area contributed by atoms with Gasteiger partial charge in [0.15, 0.2) is 18.0 Å². The molecule has 2 saturated heterocycles. The zero-order valence-corrected chi connectivity index (χ0v) is 20.9. The SMILES string of the molecule is CC1(C)O[C@@H](C(=O)NCC2CCN(c3ccc(F)cc3C#N)CC2)[C@H](C(=O)N2Cc3ccncc3C2)O1. The standard InChI is InChI=1S/C27H30FN5O4/c1-27(2)36-23(24(37-27)26(35)33-15-18-5-8-30-14-20(18)16-33)25(34)31-13-17-6-9-32(10-7-17)22-4-3-21(28)11-19(22)12-29/h3-5,8,11,14,17,23-24H,6-7,9-10,13,15-16H2,1-2H3,(H,31,34)/t23-,24-/m1/s1. The highest BCUT2D eigenvalue weighted by Gasteiger charge is 2.50. The Hall–Kier alpha value is -3.55. The number of amides is 2. The molecule has 1 aromatic carbocycles. The highest BCUT2D eigenvalue weighted by atomic mass is 19.1. The molecule has 1 aromatic heterocycles. The number of carbonyl (C=O) groups is 2. The molecule has 0 bridgehead atoms. The second kappa shape index (κ2) is 10.1. The van der Waals surface area contributed by atoms with E-state index >= 15 is 0 Å². The predicted molar refractivity (Wildman–Crippen MR) is 131 cm³/mol. The van der Waals surface area contributed by atoms with E-state index in [9.17, 15) is 19.2 Å². The molecule has 9 nitrogen and oxygen atoms in total. The Morgan fingerprint density at radius 2 is 1.89 bits per heavy atom. The highest BCUT2D eigenvalue weighted by Crippen LogP contribution is 2.32. The Kier molecular flexibility index (Phi) is 6.84. The lowest BCUT2D eigenvalue weighted by atomic mass is 9.95. The molecule has 0 radical (unpaired) electrons. The fourth-order valence-corrected chi connectivity index (χ4v) is 5.29. The molecule has 5 rings (SSSR count). The van der Waals surface area contributed by atoms with E-state index in [-0.39, 0.29) is 17.7 Å². The largest absolute Gasteiger partial charge is 0.370 e. The summed E-state index contributed by atoms with van der Waals surface area (Å²) in [5.74, 6) is -1.90. The summed E-state index contributed by atoms with van der Waals surface area (Å²) < 4.78 is 25.2. The number of anilines is 1. The van der Waals surface area contributed by atoms with Gasteiger partial charge in [-0.05, 0) is 68.0 Å². The van der Waals surface area contributed by atoms with Gasteiger partial charge in [0.25, 0.3) is 11.8 Å². The van der Waals surface area contributed by atoms with Crippen molar-refractivity contribution in [2.75, 3.05) is 24.5 Å². The van der Waals surface area contributed by atoms with Crippen LogP contribution in [-0.2, 0) is 32.2 Å². The van der Waals surface area contributed by atoms with Crippen LogP contribution in [-0.4, -0.2) is 59.3 Å². The molecule has 3 aliphatic rings. The second-order valence-electron chi connectivity index (χ2n) is 10.3. The quantitative estimate of drug-likeness (QED) is 0.663. The molecule has 2 atom stereocenters. The first-order chi connectivity index (χ1) is 17.7. The van der Waals surface area contributed by atoms with Crippen molar-refractivity contribution in [3.8, 4) is 6.07 Å². The third-order valence-electron chi connectivity index (χ3n) is 7.24. The number of nitrogens with zero attached hydrogens (tertiary/aromatic N) is 4. The number of hydrogen-bond acceptors (Lipinski definition) is 7. The molecular weight excluding hydrogens is 477 g/mol. The van der Waals surface area contributed by atoms with Crippen LogP contribution in [0.2, 0.25) is 0 Å². The lowest BCUT2D eigenvalue weighted by molar-refractivity contribution is -0.163. The third-order valence-corrected chi connectivity index (χ3v) is 7.24. The van der Waals surface area contributed by atoms with Crippen molar-refractivity contribution >= 4 is 17.5 Å². The Balaban J connectivity index is 1.16. The van der Waals surface area contributed by atoms with Crippen LogP contribution in [0.3, 0.4) is 0 Å². The monoisotopic (exact) mass is 507 g/mol. The zero-order valence-electron chi connectivity index (χ0n) is 20.9. The zero-order chi connectivity index (χ0) is 26.2. The Morgan fingerprint density at radius 1 is 1.16 bits per heavy atom. The molecule has 37 heavy (non-hydrogen) atoms. The topological polar surface area (TPSA) is 108 Å². The van der Waals surface area contributed by atoms with Crippen LogP contribution in [0.5, 0.6) is 0 Å².